The molecule has 0 spiro atoms. The number of nitrogens with zero attached hydrogens (tertiary/aromatic N) is 12. The maximum absolute atomic E-state index is 13.6. The van der Waals surface area contributed by atoms with Crippen molar-refractivity contribution in [2.75, 3.05) is 54.9 Å². The lowest BCUT2D eigenvalue weighted by Gasteiger charge is -2.21. The van der Waals surface area contributed by atoms with Gasteiger partial charge in [0.15, 0.2) is 31.3 Å². The first-order valence-electron chi connectivity index (χ1n) is 22.9. The van der Waals surface area contributed by atoms with Crippen LogP contribution in [0.1, 0.15) is 110 Å². The van der Waals surface area contributed by atoms with E-state index in [4.69, 9.17) is 38.9 Å². The van der Waals surface area contributed by atoms with Crippen molar-refractivity contribution in [2.45, 2.75) is 86.2 Å². The summed E-state index contributed by atoms with van der Waals surface area (Å²) in [4.78, 5) is 16.7. The van der Waals surface area contributed by atoms with Gasteiger partial charge in [0.05, 0.1) is 63.3 Å². The van der Waals surface area contributed by atoms with Crippen LogP contribution in [0.25, 0.3) is 11.4 Å². The summed E-state index contributed by atoms with van der Waals surface area (Å²) in [6.07, 6.45) is 7.03. The summed E-state index contributed by atoms with van der Waals surface area (Å²) in [5.74, 6) is 2.54. The van der Waals surface area contributed by atoms with E-state index in [0.29, 0.717) is 95.2 Å². The van der Waals surface area contributed by atoms with Crippen LogP contribution in [0.2, 0.25) is 0 Å². The van der Waals surface area contributed by atoms with Crippen molar-refractivity contribution in [3.63, 3.8) is 0 Å². The van der Waals surface area contributed by atoms with E-state index in [9.17, 15) is 16.8 Å². The second kappa shape index (κ2) is 23.0. The number of sulfone groups is 2. The van der Waals surface area contributed by atoms with E-state index in [0.717, 1.165) is 12.8 Å². The van der Waals surface area contributed by atoms with Gasteiger partial charge in [0, 0.05) is 61.7 Å². The lowest BCUT2D eigenvalue weighted by molar-refractivity contribution is 0.193. The van der Waals surface area contributed by atoms with Crippen molar-refractivity contribution in [2.24, 2.45) is 0 Å². The third kappa shape index (κ3) is 11.2. The Morgan fingerprint density at radius 3 is 1.19 bits per heavy atom. The topological polar surface area (TPSA) is 284 Å². The van der Waals surface area contributed by atoms with Crippen LogP contribution < -0.4 is 18.9 Å². The fraction of sp³-hybridized carbons (Fsp3) is 0.458. The van der Waals surface area contributed by atoms with Crippen molar-refractivity contribution in [1.29, 1.82) is 10.5 Å². The molecule has 4 aromatic heterocycles. The first-order chi connectivity index (χ1) is 34.6. The van der Waals surface area contributed by atoms with E-state index < -0.39 is 42.0 Å². The largest absolute Gasteiger partial charge is 0.494 e. The summed E-state index contributed by atoms with van der Waals surface area (Å²) in [6.45, 7) is 8.85. The molecule has 6 atom stereocenters. The maximum Gasteiger partial charge on any atom is 0.160 e. The number of ether oxygens (including phenoxy) is 6. The predicted octanol–water partition coefficient (Wildman–Crippen LogP) is 5.11. The predicted molar refractivity (Wildman–Crippen MR) is 260 cm³/mol. The molecular formula is C48H56N12O10S2. The van der Waals surface area contributed by atoms with E-state index in [1.165, 1.54) is 24.8 Å². The summed E-state index contributed by atoms with van der Waals surface area (Å²) >= 11 is 0. The second-order valence-corrected chi connectivity index (χ2v) is 22.0. The standard InChI is InChI=1S/2C24H28N6O5S/c2*1-15(23-26-11-17(10-25)12-27-23)16(2)36(31,32)14-21-28-29-24(18-8-9-35-13-18)30(21)22-19(33-3)6-5-7-20(22)34-4/h2*5-7,11-12,15-16,18H,8-9,13-14H2,1-4H3/t15-,16-,18+;15-,16-,18-/m00/s1. The molecular weight excluding hydrogens is 969 g/mol. The van der Waals surface area contributed by atoms with Crippen molar-refractivity contribution in [3.05, 3.63) is 107 Å². The number of hydrogen-bond acceptors (Lipinski definition) is 20. The summed E-state index contributed by atoms with van der Waals surface area (Å²) in [7, 11) is -1.31. The maximum atomic E-state index is 13.6. The molecule has 0 aliphatic carbocycles. The van der Waals surface area contributed by atoms with Crippen molar-refractivity contribution in [3.8, 4) is 46.5 Å². The molecule has 8 rings (SSSR count). The van der Waals surface area contributed by atoms with Gasteiger partial charge in [0.1, 0.15) is 81.3 Å². The first-order valence-corrected chi connectivity index (χ1v) is 26.4. The number of para-hydroxylation sites is 2. The van der Waals surface area contributed by atoms with Crippen LogP contribution in [0, 0.1) is 22.7 Å². The van der Waals surface area contributed by atoms with E-state index >= 15 is 0 Å². The normalized spacial score (nSPS) is 17.4. The van der Waals surface area contributed by atoms with E-state index in [-0.39, 0.29) is 35.0 Å². The minimum Gasteiger partial charge on any atom is -0.494 e. The van der Waals surface area contributed by atoms with E-state index in [1.54, 1.807) is 102 Å². The lowest BCUT2D eigenvalue weighted by atomic mass is 10.1. The minimum absolute atomic E-state index is 0.0491. The Kier molecular flexibility index (Phi) is 16.8. The van der Waals surface area contributed by atoms with Gasteiger partial charge in [-0.3, -0.25) is 9.13 Å². The van der Waals surface area contributed by atoms with Gasteiger partial charge >= 0.3 is 0 Å². The smallest absolute Gasteiger partial charge is 0.160 e. The Morgan fingerprint density at radius 2 is 0.917 bits per heavy atom. The highest BCUT2D eigenvalue weighted by molar-refractivity contribution is 7.91. The average Bonchev–Trinajstić information content (AvgIpc) is 4.26. The molecule has 0 unspecified atom stereocenters. The van der Waals surface area contributed by atoms with Crippen molar-refractivity contribution in [1.82, 2.24) is 49.5 Å². The highest BCUT2D eigenvalue weighted by Crippen LogP contribution is 2.39. The van der Waals surface area contributed by atoms with Gasteiger partial charge in [-0.1, -0.05) is 26.0 Å². The number of hydrogen-bond donors (Lipinski definition) is 0. The molecule has 24 heteroatoms. The molecule has 2 aliphatic rings. The van der Waals surface area contributed by atoms with Crippen LogP contribution in [-0.4, -0.2) is 132 Å². The van der Waals surface area contributed by atoms with Crippen LogP contribution in [0.15, 0.2) is 61.2 Å². The Balaban J connectivity index is 0.000000211. The molecule has 2 aromatic carbocycles. The zero-order chi connectivity index (χ0) is 51.7. The molecule has 380 valence electrons. The van der Waals surface area contributed by atoms with Crippen molar-refractivity contribution < 1.29 is 45.3 Å². The fourth-order valence-corrected chi connectivity index (χ4v) is 11.5. The highest BCUT2D eigenvalue weighted by Gasteiger charge is 2.37. The van der Waals surface area contributed by atoms with Crippen LogP contribution in [0.5, 0.6) is 23.0 Å². The van der Waals surface area contributed by atoms with Gasteiger partial charge < -0.3 is 28.4 Å². The third-order valence-electron chi connectivity index (χ3n) is 13.0. The summed E-state index contributed by atoms with van der Waals surface area (Å²) in [5.41, 5.74) is 1.69. The van der Waals surface area contributed by atoms with Gasteiger partial charge in [-0.2, -0.15) is 10.5 Å². The van der Waals surface area contributed by atoms with Gasteiger partial charge in [0.25, 0.3) is 0 Å². The molecule has 22 nitrogen and oxygen atoms in total. The quantitative estimate of drug-likeness (QED) is 0.108. The van der Waals surface area contributed by atoms with Crippen LogP contribution in [-0.2, 0) is 40.7 Å². The zero-order valence-electron chi connectivity index (χ0n) is 41.2. The lowest BCUT2D eigenvalue weighted by Crippen LogP contribution is -2.27. The molecule has 0 bridgehead atoms. The van der Waals surface area contributed by atoms with Gasteiger partial charge in [-0.05, 0) is 51.0 Å². The number of methoxy groups -OCH3 is 4. The molecule has 0 radical (unpaired) electrons. The fourth-order valence-electron chi connectivity index (χ4n) is 8.37. The van der Waals surface area contributed by atoms with Gasteiger partial charge in [-0.25, -0.2) is 36.8 Å². The molecule has 0 N–H and O–H groups in total. The SMILES string of the molecule is COc1cccc(OC)c1-n1c(CS(=O)(=O)[C@@H](C)[C@H](C)c2ncc(C#N)cn2)nnc1[C@@H]1CCOC1.COc1cccc(OC)c1-n1c(CS(=O)(=O)[C@@H](C)[C@H](C)c2ncc(C#N)cn2)nnc1[C@H]1CCOC1. The molecule has 0 amide bonds. The molecule has 0 saturated carbocycles. The minimum atomic E-state index is -3.74. The number of nitriles is 2. The van der Waals surface area contributed by atoms with E-state index in [1.807, 2.05) is 12.1 Å². The van der Waals surface area contributed by atoms with Gasteiger partial charge in [-0.15, -0.1) is 20.4 Å². The average molecular weight is 1030 g/mol. The molecule has 2 aliphatic heterocycles. The van der Waals surface area contributed by atoms with Crippen molar-refractivity contribution >= 4 is 19.7 Å². The van der Waals surface area contributed by atoms with Crippen LogP contribution in [0.4, 0.5) is 0 Å². The first kappa shape index (κ1) is 52.7. The number of rotatable bonds is 18. The summed E-state index contributed by atoms with van der Waals surface area (Å²) < 4.78 is 91.3. The molecule has 6 aromatic rings. The summed E-state index contributed by atoms with van der Waals surface area (Å²) in [6, 6.07) is 14.6. The monoisotopic (exact) mass is 1020 g/mol. The van der Waals surface area contributed by atoms with E-state index in [2.05, 4.69) is 40.3 Å². The Hall–Kier alpha value is -7.12. The molecule has 2 fully saturated rings. The molecule has 6 heterocycles. The second-order valence-electron chi connectivity index (χ2n) is 17.2. The van der Waals surface area contributed by atoms with Gasteiger partial charge in [0.2, 0.25) is 0 Å². The summed E-state index contributed by atoms with van der Waals surface area (Å²) in [5, 5.41) is 33.7. The third-order valence-corrected chi connectivity index (χ3v) is 17.4. The van der Waals surface area contributed by atoms with Crippen LogP contribution in [0.3, 0.4) is 0 Å². The Bertz CT molecular complexity index is 2890. The molecule has 72 heavy (non-hydrogen) atoms. The number of aromatic nitrogens is 10. The highest BCUT2D eigenvalue weighted by atomic mass is 32.2. The zero-order valence-corrected chi connectivity index (χ0v) is 42.8. The molecule has 2 saturated heterocycles. The Morgan fingerprint density at radius 1 is 0.583 bits per heavy atom. The number of benzene rings is 2. The van der Waals surface area contributed by atoms with Crippen LogP contribution >= 0.6 is 0 Å². The Labute approximate surface area is 418 Å².